The fourth-order valence-electron chi connectivity index (χ4n) is 2.86. The van der Waals surface area contributed by atoms with Crippen LogP contribution in [0.1, 0.15) is 41.5 Å². The van der Waals surface area contributed by atoms with E-state index in [1.807, 2.05) is 37.7 Å². The maximum Gasteiger partial charge on any atom is 0.220 e. The van der Waals surface area contributed by atoms with Crippen LogP contribution in [0.4, 0.5) is 0 Å². The van der Waals surface area contributed by atoms with Gasteiger partial charge in [-0.1, -0.05) is 23.4 Å². The topological polar surface area (TPSA) is 55.1 Å². The summed E-state index contributed by atoms with van der Waals surface area (Å²) in [6.07, 6.45) is 2.13. The normalized spacial score (nSPS) is 17.1. The third kappa shape index (κ3) is 3.19. The van der Waals surface area contributed by atoms with Crippen molar-refractivity contribution in [2.24, 2.45) is 0 Å². The number of aromatic nitrogens is 1. The molecule has 0 saturated heterocycles. The number of rotatable bonds is 4. The second-order valence-corrected chi connectivity index (χ2v) is 6.73. The van der Waals surface area contributed by atoms with Gasteiger partial charge in [-0.25, -0.2) is 0 Å². The van der Waals surface area contributed by atoms with Crippen molar-refractivity contribution >= 4 is 17.7 Å². The van der Waals surface area contributed by atoms with Crippen LogP contribution < -0.4 is 5.32 Å². The average molecular weight is 316 g/mol. The fourth-order valence-corrected chi connectivity index (χ4v) is 3.98. The molecule has 1 aromatic carbocycles. The van der Waals surface area contributed by atoms with Gasteiger partial charge in [-0.2, -0.15) is 0 Å². The van der Waals surface area contributed by atoms with Crippen molar-refractivity contribution < 1.29 is 9.32 Å². The summed E-state index contributed by atoms with van der Waals surface area (Å²) in [7, 11) is 0. The van der Waals surface area contributed by atoms with Gasteiger partial charge in [0.2, 0.25) is 5.91 Å². The van der Waals surface area contributed by atoms with Crippen LogP contribution in [-0.4, -0.2) is 16.8 Å². The minimum absolute atomic E-state index is 0.0895. The molecule has 0 unspecified atom stereocenters. The van der Waals surface area contributed by atoms with E-state index in [2.05, 4.69) is 22.6 Å². The molecule has 1 amide bonds. The summed E-state index contributed by atoms with van der Waals surface area (Å²) in [6.45, 7) is 3.81. The van der Waals surface area contributed by atoms with Crippen LogP contribution in [0.5, 0.6) is 0 Å². The van der Waals surface area contributed by atoms with E-state index in [-0.39, 0.29) is 11.9 Å². The molecule has 0 saturated carbocycles. The van der Waals surface area contributed by atoms with Gasteiger partial charge >= 0.3 is 0 Å². The van der Waals surface area contributed by atoms with Crippen molar-refractivity contribution in [1.29, 1.82) is 0 Å². The molecule has 2 aromatic rings. The highest BCUT2D eigenvalue weighted by Gasteiger charge is 2.22. The van der Waals surface area contributed by atoms with Crippen molar-refractivity contribution in [3.8, 4) is 0 Å². The van der Waals surface area contributed by atoms with Gasteiger partial charge in [0, 0.05) is 22.6 Å². The minimum Gasteiger partial charge on any atom is -0.361 e. The zero-order valence-corrected chi connectivity index (χ0v) is 13.7. The lowest BCUT2D eigenvalue weighted by Gasteiger charge is -2.25. The summed E-state index contributed by atoms with van der Waals surface area (Å²) in [6, 6.07) is 8.46. The van der Waals surface area contributed by atoms with E-state index in [1.54, 1.807) is 0 Å². The molecule has 5 heteroatoms. The molecule has 3 rings (SSSR count). The van der Waals surface area contributed by atoms with E-state index < -0.39 is 0 Å². The lowest BCUT2D eigenvalue weighted by Crippen LogP contribution is -2.30. The highest BCUT2D eigenvalue weighted by Crippen LogP contribution is 2.35. The Kier molecular flexibility index (Phi) is 4.52. The third-order valence-corrected chi connectivity index (χ3v) is 5.20. The quantitative estimate of drug-likeness (QED) is 0.937. The lowest BCUT2D eigenvalue weighted by atomic mass is 10.0. The first-order chi connectivity index (χ1) is 10.6. The molecule has 1 atom stereocenters. The predicted octanol–water partition coefficient (Wildman–Crippen LogP) is 3.58. The van der Waals surface area contributed by atoms with E-state index in [1.165, 1.54) is 10.5 Å². The summed E-state index contributed by atoms with van der Waals surface area (Å²) >= 11 is 1.86. The first-order valence-corrected chi connectivity index (χ1v) is 8.56. The number of amides is 1. The van der Waals surface area contributed by atoms with Crippen LogP contribution in [-0.2, 0) is 11.2 Å². The Balaban J connectivity index is 1.61. The number of aryl methyl sites for hydroxylation is 2. The predicted molar refractivity (Wildman–Crippen MR) is 87.0 cm³/mol. The van der Waals surface area contributed by atoms with Gasteiger partial charge < -0.3 is 9.84 Å². The molecule has 0 aliphatic carbocycles. The van der Waals surface area contributed by atoms with Crippen LogP contribution >= 0.6 is 11.8 Å². The summed E-state index contributed by atoms with van der Waals surface area (Å²) in [5.74, 6) is 1.95. The summed E-state index contributed by atoms with van der Waals surface area (Å²) in [5.41, 5.74) is 3.17. The number of carbonyl (C=O) groups excluding carboxylic acids is 1. The first-order valence-electron chi connectivity index (χ1n) is 7.58. The molecule has 0 radical (unpaired) electrons. The molecule has 1 N–H and O–H groups in total. The molecule has 22 heavy (non-hydrogen) atoms. The molecule has 1 aliphatic rings. The number of benzene rings is 1. The summed E-state index contributed by atoms with van der Waals surface area (Å²) in [5, 5.41) is 7.10. The Morgan fingerprint density at radius 3 is 3.00 bits per heavy atom. The molecular formula is C17H20N2O2S. The Hall–Kier alpha value is -1.75. The number of carbonyl (C=O) groups is 1. The Morgan fingerprint density at radius 2 is 2.23 bits per heavy atom. The van der Waals surface area contributed by atoms with Crippen LogP contribution in [0, 0.1) is 13.8 Å². The maximum absolute atomic E-state index is 12.3. The van der Waals surface area contributed by atoms with Gasteiger partial charge in [-0.3, -0.25) is 4.79 Å². The van der Waals surface area contributed by atoms with Gasteiger partial charge in [0.05, 0.1) is 11.7 Å². The highest BCUT2D eigenvalue weighted by atomic mass is 32.2. The Morgan fingerprint density at radius 1 is 1.41 bits per heavy atom. The van der Waals surface area contributed by atoms with Crippen LogP contribution in [0.15, 0.2) is 33.7 Å². The number of hydrogen-bond acceptors (Lipinski definition) is 4. The largest absolute Gasteiger partial charge is 0.361 e. The molecule has 0 fully saturated rings. The molecule has 1 aromatic heterocycles. The maximum atomic E-state index is 12.3. The standard InChI is InChI=1S/C17H20N2O2S/c1-11-13(12(2)21-19-11)7-8-17(20)18-15-9-10-22-16-6-4-3-5-14(15)16/h3-6,15H,7-10H2,1-2H3,(H,18,20)/t15-/m0/s1. The number of fused-ring (bicyclic) bond motifs is 1. The zero-order valence-electron chi connectivity index (χ0n) is 12.9. The molecular weight excluding hydrogens is 296 g/mol. The molecule has 2 heterocycles. The van der Waals surface area contributed by atoms with E-state index in [9.17, 15) is 4.79 Å². The number of nitrogens with one attached hydrogen (secondary N) is 1. The van der Waals surface area contributed by atoms with Crippen LogP contribution in [0.3, 0.4) is 0 Å². The first kappa shape index (κ1) is 15.2. The zero-order chi connectivity index (χ0) is 15.5. The van der Waals surface area contributed by atoms with Crippen LogP contribution in [0.2, 0.25) is 0 Å². The van der Waals surface area contributed by atoms with Gasteiger partial charge in [-0.15, -0.1) is 11.8 Å². The van der Waals surface area contributed by atoms with E-state index in [4.69, 9.17) is 4.52 Å². The lowest BCUT2D eigenvalue weighted by molar-refractivity contribution is -0.121. The van der Waals surface area contributed by atoms with Gasteiger partial charge in [0.15, 0.2) is 0 Å². The highest BCUT2D eigenvalue weighted by molar-refractivity contribution is 7.99. The Labute approximate surface area is 134 Å². The van der Waals surface area contributed by atoms with Crippen LogP contribution in [0.25, 0.3) is 0 Å². The smallest absolute Gasteiger partial charge is 0.220 e. The van der Waals surface area contributed by atoms with Gasteiger partial charge in [-0.05, 0) is 38.3 Å². The second kappa shape index (κ2) is 6.57. The molecule has 0 spiro atoms. The fraction of sp³-hybridized carbons (Fsp3) is 0.412. The number of thioether (sulfide) groups is 1. The van der Waals surface area contributed by atoms with Crippen molar-refractivity contribution in [3.05, 3.63) is 46.8 Å². The summed E-state index contributed by atoms with van der Waals surface area (Å²) < 4.78 is 5.14. The van der Waals surface area contributed by atoms with Crippen molar-refractivity contribution in [3.63, 3.8) is 0 Å². The van der Waals surface area contributed by atoms with E-state index >= 15 is 0 Å². The molecule has 4 nitrogen and oxygen atoms in total. The van der Waals surface area contributed by atoms with Crippen molar-refractivity contribution in [1.82, 2.24) is 10.5 Å². The summed E-state index contributed by atoms with van der Waals surface area (Å²) in [4.78, 5) is 13.6. The van der Waals surface area contributed by atoms with E-state index in [0.717, 1.165) is 29.2 Å². The minimum atomic E-state index is 0.0895. The monoisotopic (exact) mass is 316 g/mol. The average Bonchev–Trinajstić information content (AvgIpc) is 2.84. The molecule has 116 valence electrons. The number of hydrogen-bond donors (Lipinski definition) is 1. The van der Waals surface area contributed by atoms with Crippen molar-refractivity contribution in [2.75, 3.05) is 5.75 Å². The van der Waals surface area contributed by atoms with Gasteiger partial charge in [0.25, 0.3) is 0 Å². The SMILES string of the molecule is Cc1noc(C)c1CCC(=O)N[C@H]1CCSc2ccccc21. The second-order valence-electron chi connectivity index (χ2n) is 5.60. The van der Waals surface area contributed by atoms with Gasteiger partial charge in [0.1, 0.15) is 5.76 Å². The van der Waals surface area contributed by atoms with E-state index in [0.29, 0.717) is 12.8 Å². The van der Waals surface area contributed by atoms with Crippen molar-refractivity contribution in [2.45, 2.75) is 44.0 Å². The Bertz CT molecular complexity index is 662. The molecule has 1 aliphatic heterocycles. The third-order valence-electron chi connectivity index (χ3n) is 4.08. The molecule has 0 bridgehead atoms. The number of nitrogens with zero attached hydrogens (tertiary/aromatic N) is 1.